The van der Waals surface area contributed by atoms with E-state index in [1.165, 1.54) is 0 Å². The molecule has 1 spiro atoms. The summed E-state index contributed by atoms with van der Waals surface area (Å²) in [6.45, 7) is 6.44. The molecule has 2 fully saturated rings. The molecule has 0 bridgehead atoms. The summed E-state index contributed by atoms with van der Waals surface area (Å²) in [6.07, 6.45) is 2.10. The van der Waals surface area contributed by atoms with Crippen LogP contribution in [0.15, 0.2) is 24.3 Å². The van der Waals surface area contributed by atoms with Crippen molar-refractivity contribution in [2.75, 3.05) is 53.6 Å². The van der Waals surface area contributed by atoms with Crippen LogP contribution < -0.4 is 4.74 Å². The fraction of sp³-hybridized carbons (Fsp3) is 0.650. The molecule has 25 heavy (non-hydrogen) atoms. The predicted molar refractivity (Wildman–Crippen MR) is 97.8 cm³/mol. The molecular weight excluding hydrogens is 316 g/mol. The van der Waals surface area contributed by atoms with Crippen LogP contribution in [0.4, 0.5) is 0 Å². The maximum atomic E-state index is 12.7. The molecule has 0 aliphatic carbocycles. The van der Waals surface area contributed by atoms with Gasteiger partial charge in [0.2, 0.25) is 0 Å². The van der Waals surface area contributed by atoms with Crippen molar-refractivity contribution < 1.29 is 14.3 Å². The summed E-state index contributed by atoms with van der Waals surface area (Å²) in [7, 11) is 4.22. The minimum absolute atomic E-state index is 0.0913. The summed E-state index contributed by atoms with van der Waals surface area (Å²) < 4.78 is 11.3. The zero-order chi connectivity index (χ0) is 17.9. The highest BCUT2D eigenvalue weighted by molar-refractivity contribution is 5.78. The Bertz CT molecular complexity index is 596. The van der Waals surface area contributed by atoms with Gasteiger partial charge in [-0.3, -0.25) is 4.79 Å². The zero-order valence-corrected chi connectivity index (χ0v) is 15.7. The number of rotatable bonds is 5. The molecule has 0 unspecified atom stereocenters. The normalized spacial score (nSPS) is 22.6. The zero-order valence-electron chi connectivity index (χ0n) is 15.7. The van der Waals surface area contributed by atoms with Crippen LogP contribution in [0.1, 0.15) is 18.4 Å². The number of ether oxygens (including phenoxy) is 2. The molecule has 0 aromatic heterocycles. The number of aryl methyl sites for hydroxylation is 1. The van der Waals surface area contributed by atoms with E-state index >= 15 is 0 Å². The smallest absolute Gasteiger partial charge is 0.260 e. The van der Waals surface area contributed by atoms with Crippen LogP contribution in [0.5, 0.6) is 5.75 Å². The van der Waals surface area contributed by atoms with Gasteiger partial charge in [0.15, 0.2) is 6.61 Å². The molecule has 3 rings (SSSR count). The molecule has 2 heterocycles. The highest BCUT2D eigenvalue weighted by Gasteiger charge is 2.48. The summed E-state index contributed by atoms with van der Waals surface area (Å²) in [5.74, 6) is 1.36. The Labute approximate surface area is 150 Å². The maximum absolute atomic E-state index is 12.7. The van der Waals surface area contributed by atoms with Crippen molar-refractivity contribution in [2.45, 2.75) is 19.8 Å². The van der Waals surface area contributed by atoms with Crippen molar-refractivity contribution in [3.05, 3.63) is 29.8 Å². The van der Waals surface area contributed by atoms with Crippen LogP contribution in [0.2, 0.25) is 0 Å². The molecule has 0 N–H and O–H groups in total. The van der Waals surface area contributed by atoms with Crippen molar-refractivity contribution in [2.24, 2.45) is 11.3 Å². The van der Waals surface area contributed by atoms with Gasteiger partial charge in [-0.25, -0.2) is 0 Å². The summed E-state index contributed by atoms with van der Waals surface area (Å²) in [4.78, 5) is 17.0. The third-order valence-electron chi connectivity index (χ3n) is 5.59. The molecule has 1 aromatic carbocycles. The van der Waals surface area contributed by atoms with Crippen molar-refractivity contribution in [3.8, 4) is 5.75 Å². The van der Waals surface area contributed by atoms with E-state index in [9.17, 15) is 4.79 Å². The van der Waals surface area contributed by atoms with Gasteiger partial charge in [-0.1, -0.05) is 12.1 Å². The van der Waals surface area contributed by atoms with Gasteiger partial charge in [0.1, 0.15) is 5.75 Å². The highest BCUT2D eigenvalue weighted by Crippen LogP contribution is 2.44. The van der Waals surface area contributed by atoms with Crippen LogP contribution in [0, 0.1) is 18.3 Å². The molecular formula is C20H30N2O3. The lowest BCUT2D eigenvalue weighted by molar-refractivity contribution is -0.133. The minimum atomic E-state index is 0.0913. The number of carbonyl (C=O) groups is 1. The molecule has 0 saturated carbocycles. The van der Waals surface area contributed by atoms with E-state index < -0.39 is 0 Å². The Morgan fingerprint density at radius 1 is 1.36 bits per heavy atom. The number of likely N-dealkylation sites (tertiary alicyclic amines) is 1. The SMILES string of the molecule is Cc1cccc(OCC(=O)N2C[C@H](CN(C)C)C3(CCOCC3)C2)c1. The third kappa shape index (κ3) is 4.33. The summed E-state index contributed by atoms with van der Waals surface area (Å²) in [5.41, 5.74) is 1.35. The molecule has 1 amide bonds. The standard InChI is InChI=1S/C20H30N2O3/c1-16-5-4-6-18(11-16)25-14-19(23)22-13-17(12-21(2)3)20(15-22)7-9-24-10-8-20/h4-6,11,17H,7-10,12-15H2,1-3H3/t17-/m0/s1. The average Bonchev–Trinajstić information content (AvgIpc) is 2.91. The number of hydrogen-bond acceptors (Lipinski definition) is 4. The molecule has 1 atom stereocenters. The van der Waals surface area contributed by atoms with Crippen molar-refractivity contribution in [3.63, 3.8) is 0 Å². The quantitative estimate of drug-likeness (QED) is 0.820. The Balaban J connectivity index is 1.62. The van der Waals surface area contributed by atoms with Gasteiger partial charge < -0.3 is 19.3 Å². The monoisotopic (exact) mass is 346 g/mol. The van der Waals surface area contributed by atoms with Gasteiger partial charge in [-0.05, 0) is 62.9 Å². The first kappa shape index (κ1) is 18.2. The van der Waals surface area contributed by atoms with Gasteiger partial charge in [0.05, 0.1) is 0 Å². The second-order valence-electron chi connectivity index (χ2n) is 7.81. The van der Waals surface area contributed by atoms with Crippen molar-refractivity contribution in [1.82, 2.24) is 9.80 Å². The summed E-state index contributed by atoms with van der Waals surface area (Å²) in [5, 5.41) is 0. The largest absolute Gasteiger partial charge is 0.484 e. The van der Waals surface area contributed by atoms with E-state index in [-0.39, 0.29) is 17.9 Å². The van der Waals surface area contributed by atoms with E-state index in [1.807, 2.05) is 36.1 Å². The molecule has 0 radical (unpaired) electrons. The Morgan fingerprint density at radius 3 is 2.80 bits per heavy atom. The van der Waals surface area contributed by atoms with E-state index in [0.29, 0.717) is 5.92 Å². The molecule has 2 saturated heterocycles. The van der Waals surface area contributed by atoms with E-state index in [4.69, 9.17) is 9.47 Å². The van der Waals surface area contributed by atoms with E-state index in [2.05, 4.69) is 19.0 Å². The van der Waals surface area contributed by atoms with Gasteiger partial charge in [0.25, 0.3) is 5.91 Å². The second-order valence-corrected chi connectivity index (χ2v) is 7.81. The Morgan fingerprint density at radius 2 is 2.12 bits per heavy atom. The topological polar surface area (TPSA) is 42.0 Å². The Kier molecular flexibility index (Phi) is 5.64. The van der Waals surface area contributed by atoms with Crippen LogP contribution >= 0.6 is 0 Å². The summed E-state index contributed by atoms with van der Waals surface area (Å²) >= 11 is 0. The first-order valence-electron chi connectivity index (χ1n) is 9.18. The fourth-order valence-electron chi connectivity index (χ4n) is 4.20. The lowest BCUT2D eigenvalue weighted by atomic mass is 9.72. The van der Waals surface area contributed by atoms with Crippen LogP contribution in [-0.2, 0) is 9.53 Å². The lowest BCUT2D eigenvalue weighted by Gasteiger charge is -2.38. The van der Waals surface area contributed by atoms with Crippen molar-refractivity contribution in [1.29, 1.82) is 0 Å². The van der Waals surface area contributed by atoms with Crippen LogP contribution in [0.3, 0.4) is 0 Å². The third-order valence-corrected chi connectivity index (χ3v) is 5.59. The molecule has 5 heteroatoms. The maximum Gasteiger partial charge on any atom is 0.260 e. The molecule has 1 aromatic rings. The predicted octanol–water partition coefficient (Wildman–Crippen LogP) is 2.19. The number of nitrogens with zero attached hydrogens (tertiary/aromatic N) is 2. The van der Waals surface area contributed by atoms with Crippen LogP contribution in [-0.4, -0.2) is 69.3 Å². The van der Waals surface area contributed by atoms with Gasteiger partial charge in [0, 0.05) is 32.8 Å². The van der Waals surface area contributed by atoms with Gasteiger partial charge in [-0.2, -0.15) is 0 Å². The van der Waals surface area contributed by atoms with Crippen molar-refractivity contribution >= 4 is 5.91 Å². The van der Waals surface area contributed by atoms with Gasteiger partial charge in [-0.15, -0.1) is 0 Å². The first-order valence-corrected chi connectivity index (χ1v) is 9.18. The second kappa shape index (κ2) is 7.75. The molecule has 2 aliphatic heterocycles. The first-order chi connectivity index (χ1) is 12.0. The molecule has 5 nitrogen and oxygen atoms in total. The van der Waals surface area contributed by atoms with E-state index in [1.54, 1.807) is 0 Å². The highest BCUT2D eigenvalue weighted by atomic mass is 16.5. The number of benzene rings is 1. The number of hydrogen-bond donors (Lipinski definition) is 0. The Hall–Kier alpha value is -1.59. The number of amides is 1. The minimum Gasteiger partial charge on any atom is -0.484 e. The summed E-state index contributed by atoms with van der Waals surface area (Å²) in [6, 6.07) is 7.84. The van der Waals surface area contributed by atoms with E-state index in [0.717, 1.165) is 57.0 Å². The van der Waals surface area contributed by atoms with Gasteiger partial charge >= 0.3 is 0 Å². The lowest BCUT2D eigenvalue weighted by Crippen LogP contribution is -2.41. The number of carbonyl (C=O) groups excluding carboxylic acids is 1. The fourth-order valence-corrected chi connectivity index (χ4v) is 4.20. The molecule has 2 aliphatic rings. The molecule has 138 valence electrons. The van der Waals surface area contributed by atoms with Crippen LogP contribution in [0.25, 0.3) is 0 Å². The average molecular weight is 346 g/mol.